The number of halogens is 6. The van der Waals surface area contributed by atoms with Gasteiger partial charge in [0.05, 0.1) is 16.8 Å². The Morgan fingerprint density at radius 1 is 0.644 bits per heavy atom. The van der Waals surface area contributed by atoms with E-state index in [-0.39, 0.29) is 12.7 Å². The molecule has 6 rings (SSSR count). The molecule has 13 heteroatoms. The van der Waals surface area contributed by atoms with Gasteiger partial charge in [0.2, 0.25) is 5.82 Å². The van der Waals surface area contributed by atoms with Crippen LogP contribution < -0.4 is 9.47 Å². The van der Waals surface area contributed by atoms with Gasteiger partial charge in [-0.2, -0.15) is 31.6 Å². The Morgan fingerprint density at radius 2 is 1.27 bits per heavy atom. The Hall–Kier alpha value is -5.33. The molecule has 0 atom stereocenters. The van der Waals surface area contributed by atoms with E-state index in [2.05, 4.69) is 20.6 Å². The summed E-state index contributed by atoms with van der Waals surface area (Å²) < 4.78 is 92.5. The molecule has 230 valence electrons. The number of alkyl halides is 6. The van der Waals surface area contributed by atoms with Gasteiger partial charge in [-0.3, -0.25) is 0 Å². The van der Waals surface area contributed by atoms with Gasteiger partial charge in [0.1, 0.15) is 24.7 Å². The van der Waals surface area contributed by atoms with Gasteiger partial charge in [0, 0.05) is 17.4 Å². The van der Waals surface area contributed by atoms with Crippen LogP contribution >= 0.6 is 0 Å². The van der Waals surface area contributed by atoms with Crippen molar-refractivity contribution >= 4 is 10.9 Å². The number of tetrazole rings is 1. The van der Waals surface area contributed by atoms with Crippen molar-refractivity contribution in [2.24, 2.45) is 0 Å². The topological polar surface area (TPSA) is 77.9 Å². The van der Waals surface area contributed by atoms with E-state index in [1.807, 2.05) is 59.2 Å². The molecule has 7 nitrogen and oxygen atoms in total. The second-order valence-electron chi connectivity index (χ2n) is 10.2. The molecule has 6 aromatic rings. The molecule has 4 aromatic carbocycles. The molecule has 0 aliphatic heterocycles. The Balaban J connectivity index is 1.20. The fourth-order valence-electron chi connectivity index (χ4n) is 4.81. The third-order valence-electron chi connectivity index (χ3n) is 7.03. The fourth-order valence-corrected chi connectivity index (χ4v) is 4.81. The van der Waals surface area contributed by atoms with Gasteiger partial charge in [-0.05, 0) is 64.4 Å². The maximum atomic E-state index is 13.2. The van der Waals surface area contributed by atoms with Crippen molar-refractivity contribution < 1.29 is 35.8 Å². The number of fused-ring (bicyclic) bond motifs is 1. The maximum Gasteiger partial charge on any atom is 0.416 e. The number of hydrogen-bond donors (Lipinski definition) is 1. The molecule has 0 radical (unpaired) electrons. The van der Waals surface area contributed by atoms with E-state index >= 15 is 0 Å². The molecule has 0 aliphatic carbocycles. The Morgan fingerprint density at radius 3 is 1.89 bits per heavy atom. The molecule has 0 amide bonds. The van der Waals surface area contributed by atoms with Crippen LogP contribution in [0.3, 0.4) is 0 Å². The zero-order valence-electron chi connectivity index (χ0n) is 23.2. The van der Waals surface area contributed by atoms with Gasteiger partial charge < -0.3 is 14.0 Å². The Labute approximate surface area is 252 Å². The predicted molar refractivity (Wildman–Crippen MR) is 152 cm³/mol. The molecule has 0 saturated heterocycles. The van der Waals surface area contributed by atoms with E-state index in [0.717, 1.165) is 22.0 Å². The first kappa shape index (κ1) is 29.7. The van der Waals surface area contributed by atoms with Crippen LogP contribution in [-0.4, -0.2) is 25.2 Å². The lowest BCUT2D eigenvalue weighted by Crippen LogP contribution is -2.11. The second-order valence-corrected chi connectivity index (χ2v) is 10.2. The van der Waals surface area contributed by atoms with E-state index < -0.39 is 29.2 Å². The van der Waals surface area contributed by atoms with E-state index in [1.54, 1.807) is 24.3 Å². The minimum atomic E-state index is -4.96. The number of nitrogens with one attached hydrogen (secondary N) is 1. The number of nitrogens with zero attached hydrogens (tertiary/aromatic N) is 4. The number of aromatic amines is 1. The summed E-state index contributed by atoms with van der Waals surface area (Å²) >= 11 is 0. The highest BCUT2D eigenvalue weighted by atomic mass is 19.4. The summed E-state index contributed by atoms with van der Waals surface area (Å²) in [5, 5.41) is 15.3. The lowest BCUT2D eigenvalue weighted by Gasteiger charge is -2.15. The lowest BCUT2D eigenvalue weighted by atomic mass is 10.1. The van der Waals surface area contributed by atoms with Gasteiger partial charge in [0.25, 0.3) is 0 Å². The molecule has 0 spiro atoms. The highest BCUT2D eigenvalue weighted by Gasteiger charge is 2.37. The van der Waals surface area contributed by atoms with Gasteiger partial charge in [-0.1, -0.05) is 54.6 Å². The van der Waals surface area contributed by atoms with Crippen LogP contribution in [0, 0.1) is 0 Å². The number of benzene rings is 4. The predicted octanol–water partition coefficient (Wildman–Crippen LogP) is 8.07. The monoisotopic (exact) mass is 623 g/mol. The van der Waals surface area contributed by atoms with Crippen LogP contribution in [-0.2, 0) is 32.1 Å². The lowest BCUT2D eigenvalue weighted by molar-refractivity contribution is -0.143. The van der Waals surface area contributed by atoms with Crippen molar-refractivity contribution in [1.29, 1.82) is 0 Å². The summed E-state index contributed by atoms with van der Waals surface area (Å²) in [7, 11) is 0. The average Bonchev–Trinajstić information content (AvgIpc) is 3.67. The molecule has 1 N–H and O–H groups in total. The summed E-state index contributed by atoms with van der Waals surface area (Å²) in [6, 6.07) is 25.6. The standard InChI is InChI=1S/C32H23F6N5O2/c33-31(34,35)24-14-25(32(36,37)38)16-27(15-24)45-19-22-8-6-20(7-9-22)17-43-28-11-10-26(44-18-21-4-2-1-3-5-21)12-23(28)13-29(43)30-39-41-42-40-30/h1-16H,17-19H2,(H,39,40,41,42). The van der Waals surface area contributed by atoms with E-state index in [9.17, 15) is 26.3 Å². The summed E-state index contributed by atoms with van der Waals surface area (Å²) in [4.78, 5) is 0. The molecule has 0 fully saturated rings. The first-order valence-corrected chi connectivity index (χ1v) is 13.6. The molecule has 0 saturated carbocycles. The maximum absolute atomic E-state index is 13.2. The SMILES string of the molecule is FC(F)(F)c1cc(OCc2ccc(Cn3c(-c4nn[nH]n4)cc4cc(OCc5ccccc5)ccc43)cc2)cc(C(F)(F)F)c1. The highest BCUT2D eigenvalue weighted by Crippen LogP contribution is 2.38. The second kappa shape index (κ2) is 12.0. The molecule has 2 aromatic heterocycles. The first-order chi connectivity index (χ1) is 21.5. The van der Waals surface area contributed by atoms with E-state index in [0.29, 0.717) is 48.1 Å². The zero-order chi connectivity index (χ0) is 31.6. The van der Waals surface area contributed by atoms with E-state index in [4.69, 9.17) is 9.47 Å². The van der Waals surface area contributed by atoms with Crippen molar-refractivity contribution in [3.05, 3.63) is 125 Å². The quantitative estimate of drug-likeness (QED) is 0.165. The molecular weight excluding hydrogens is 600 g/mol. The number of H-pyrrole nitrogens is 1. The smallest absolute Gasteiger partial charge is 0.416 e. The van der Waals surface area contributed by atoms with Crippen molar-refractivity contribution in [2.75, 3.05) is 0 Å². The average molecular weight is 624 g/mol. The first-order valence-electron chi connectivity index (χ1n) is 13.6. The molecule has 0 unspecified atom stereocenters. The fraction of sp³-hybridized carbons (Fsp3) is 0.156. The van der Waals surface area contributed by atoms with Crippen LogP contribution in [0.2, 0.25) is 0 Å². The molecule has 2 heterocycles. The summed E-state index contributed by atoms with van der Waals surface area (Å²) in [5.74, 6) is 0.551. The summed E-state index contributed by atoms with van der Waals surface area (Å²) in [6.45, 7) is 0.588. The molecule has 0 bridgehead atoms. The third kappa shape index (κ3) is 6.92. The molecule has 0 aliphatic rings. The van der Waals surface area contributed by atoms with Crippen LogP contribution in [0.15, 0.2) is 97.1 Å². The van der Waals surface area contributed by atoms with Crippen LogP contribution in [0.25, 0.3) is 22.4 Å². The van der Waals surface area contributed by atoms with E-state index in [1.165, 1.54) is 0 Å². The van der Waals surface area contributed by atoms with Crippen molar-refractivity contribution in [3.8, 4) is 23.0 Å². The Bertz CT molecular complexity index is 1870. The Kier molecular flexibility index (Phi) is 7.92. The molecule has 45 heavy (non-hydrogen) atoms. The van der Waals surface area contributed by atoms with Crippen molar-refractivity contribution in [3.63, 3.8) is 0 Å². The van der Waals surface area contributed by atoms with Crippen LogP contribution in [0.5, 0.6) is 11.5 Å². The normalized spacial score (nSPS) is 12.0. The van der Waals surface area contributed by atoms with Crippen LogP contribution in [0.1, 0.15) is 27.8 Å². The van der Waals surface area contributed by atoms with Crippen molar-refractivity contribution in [2.45, 2.75) is 32.1 Å². The summed E-state index contributed by atoms with van der Waals surface area (Å²) in [5.41, 5.74) is 1.18. The number of aromatic nitrogens is 5. The minimum Gasteiger partial charge on any atom is -0.489 e. The number of rotatable bonds is 9. The van der Waals surface area contributed by atoms with Gasteiger partial charge >= 0.3 is 12.4 Å². The zero-order valence-corrected chi connectivity index (χ0v) is 23.2. The molecular formula is C32H23F6N5O2. The number of ether oxygens (including phenoxy) is 2. The van der Waals surface area contributed by atoms with Crippen LogP contribution in [0.4, 0.5) is 26.3 Å². The van der Waals surface area contributed by atoms with Crippen molar-refractivity contribution in [1.82, 2.24) is 25.2 Å². The third-order valence-corrected chi connectivity index (χ3v) is 7.03. The van der Waals surface area contributed by atoms with Gasteiger partial charge in [0.15, 0.2) is 0 Å². The summed E-state index contributed by atoms with van der Waals surface area (Å²) in [6.07, 6.45) is -9.92. The minimum absolute atomic E-state index is 0.0635. The van der Waals surface area contributed by atoms with Gasteiger partial charge in [-0.25, -0.2) is 0 Å². The largest absolute Gasteiger partial charge is 0.489 e. The van der Waals surface area contributed by atoms with Gasteiger partial charge in [-0.15, -0.1) is 10.2 Å². The number of hydrogen-bond acceptors (Lipinski definition) is 5. The highest BCUT2D eigenvalue weighted by molar-refractivity contribution is 5.87.